The van der Waals surface area contributed by atoms with Gasteiger partial charge < -0.3 is 11.5 Å². The van der Waals surface area contributed by atoms with Crippen molar-refractivity contribution in [2.75, 3.05) is 5.73 Å². The van der Waals surface area contributed by atoms with Crippen LogP contribution in [0.5, 0.6) is 0 Å². The van der Waals surface area contributed by atoms with Gasteiger partial charge in [-0.15, -0.1) is 0 Å². The number of anilines is 1. The van der Waals surface area contributed by atoms with Crippen molar-refractivity contribution in [1.82, 2.24) is 14.8 Å². The topological polar surface area (TPSA) is 99.8 Å². The SMILES string of the molecule is Cc1ncccc1-n1ncc(C(N)=O)c1N. The van der Waals surface area contributed by atoms with Crippen molar-refractivity contribution in [3.63, 3.8) is 0 Å². The second-order valence-corrected chi connectivity index (χ2v) is 3.33. The summed E-state index contributed by atoms with van der Waals surface area (Å²) < 4.78 is 1.45. The number of hydrogen-bond acceptors (Lipinski definition) is 4. The van der Waals surface area contributed by atoms with Crippen LogP contribution in [-0.2, 0) is 0 Å². The van der Waals surface area contributed by atoms with Gasteiger partial charge in [0.2, 0.25) is 0 Å². The second-order valence-electron chi connectivity index (χ2n) is 3.33. The van der Waals surface area contributed by atoms with Gasteiger partial charge in [0.05, 0.1) is 17.6 Å². The molecular formula is C10H11N5O. The Morgan fingerprint density at radius 3 is 2.81 bits per heavy atom. The van der Waals surface area contributed by atoms with E-state index in [-0.39, 0.29) is 11.4 Å². The van der Waals surface area contributed by atoms with Crippen molar-refractivity contribution < 1.29 is 4.79 Å². The van der Waals surface area contributed by atoms with Gasteiger partial charge in [0, 0.05) is 6.20 Å². The Hall–Kier alpha value is -2.37. The zero-order valence-electron chi connectivity index (χ0n) is 8.71. The summed E-state index contributed by atoms with van der Waals surface area (Å²) in [6.45, 7) is 1.83. The van der Waals surface area contributed by atoms with E-state index in [0.717, 1.165) is 11.4 Å². The molecule has 6 heteroatoms. The van der Waals surface area contributed by atoms with Crippen molar-refractivity contribution in [3.8, 4) is 5.69 Å². The molecule has 2 rings (SSSR count). The number of rotatable bonds is 2. The minimum absolute atomic E-state index is 0.211. The molecule has 0 saturated heterocycles. The summed E-state index contributed by atoms with van der Waals surface area (Å²) in [6.07, 6.45) is 3.03. The molecule has 0 bridgehead atoms. The summed E-state index contributed by atoms with van der Waals surface area (Å²) in [6, 6.07) is 3.59. The molecule has 0 atom stereocenters. The number of aromatic nitrogens is 3. The third kappa shape index (κ3) is 1.50. The number of hydrogen-bond donors (Lipinski definition) is 2. The highest BCUT2D eigenvalue weighted by atomic mass is 16.1. The molecule has 6 nitrogen and oxygen atoms in total. The first-order valence-corrected chi connectivity index (χ1v) is 4.66. The highest BCUT2D eigenvalue weighted by Crippen LogP contribution is 2.17. The standard InChI is InChI=1S/C10H11N5O/c1-6-8(3-2-4-13-6)15-9(11)7(5-14-15)10(12)16/h2-5H,11H2,1H3,(H2,12,16). The van der Waals surface area contributed by atoms with E-state index in [2.05, 4.69) is 10.1 Å². The van der Waals surface area contributed by atoms with Crippen LogP contribution in [0.3, 0.4) is 0 Å². The van der Waals surface area contributed by atoms with Crippen LogP contribution in [0.25, 0.3) is 5.69 Å². The Bertz CT molecular complexity index is 546. The Kier molecular flexibility index (Phi) is 2.32. The Morgan fingerprint density at radius 1 is 1.50 bits per heavy atom. The van der Waals surface area contributed by atoms with Crippen LogP contribution in [0.4, 0.5) is 5.82 Å². The quantitative estimate of drug-likeness (QED) is 0.753. The number of carbonyl (C=O) groups is 1. The van der Waals surface area contributed by atoms with E-state index in [4.69, 9.17) is 11.5 Å². The van der Waals surface area contributed by atoms with Crippen molar-refractivity contribution in [2.45, 2.75) is 6.92 Å². The number of carbonyl (C=O) groups excluding carboxylic acids is 1. The average Bonchev–Trinajstić information content (AvgIpc) is 2.61. The van der Waals surface area contributed by atoms with Crippen LogP contribution in [0.2, 0.25) is 0 Å². The Morgan fingerprint density at radius 2 is 2.25 bits per heavy atom. The molecule has 16 heavy (non-hydrogen) atoms. The molecule has 0 radical (unpaired) electrons. The minimum Gasteiger partial charge on any atom is -0.383 e. The van der Waals surface area contributed by atoms with E-state index in [1.165, 1.54) is 10.9 Å². The number of nitrogens with two attached hydrogens (primary N) is 2. The van der Waals surface area contributed by atoms with Gasteiger partial charge in [-0.3, -0.25) is 9.78 Å². The maximum atomic E-state index is 11.0. The highest BCUT2D eigenvalue weighted by Gasteiger charge is 2.14. The molecule has 1 amide bonds. The summed E-state index contributed by atoms with van der Waals surface area (Å²) in [4.78, 5) is 15.1. The molecule has 0 unspecified atom stereocenters. The van der Waals surface area contributed by atoms with Gasteiger partial charge in [-0.1, -0.05) is 0 Å². The first-order valence-electron chi connectivity index (χ1n) is 4.66. The molecule has 0 aromatic carbocycles. The van der Waals surface area contributed by atoms with Crippen molar-refractivity contribution >= 4 is 11.7 Å². The number of amides is 1. The summed E-state index contributed by atoms with van der Waals surface area (Å²) in [7, 11) is 0. The third-order valence-electron chi connectivity index (χ3n) is 2.28. The molecule has 0 aliphatic carbocycles. The van der Waals surface area contributed by atoms with E-state index in [9.17, 15) is 4.79 Å². The van der Waals surface area contributed by atoms with Crippen molar-refractivity contribution in [3.05, 3.63) is 35.8 Å². The van der Waals surface area contributed by atoms with Gasteiger partial charge in [-0.05, 0) is 19.1 Å². The first kappa shape index (κ1) is 10.2. The summed E-state index contributed by atoms with van der Waals surface area (Å²) in [5.74, 6) is -0.367. The van der Waals surface area contributed by atoms with E-state index in [1.807, 2.05) is 13.0 Å². The van der Waals surface area contributed by atoms with Gasteiger partial charge in [0.15, 0.2) is 0 Å². The molecule has 0 aliphatic heterocycles. The number of primary amides is 1. The van der Waals surface area contributed by atoms with Gasteiger partial charge >= 0.3 is 0 Å². The predicted octanol–water partition coefficient (Wildman–Crippen LogP) is 0.257. The minimum atomic E-state index is -0.592. The lowest BCUT2D eigenvalue weighted by Crippen LogP contribution is -2.13. The summed E-state index contributed by atoms with van der Waals surface area (Å²) >= 11 is 0. The smallest absolute Gasteiger partial charge is 0.254 e. The second kappa shape index (κ2) is 3.65. The molecule has 2 aromatic heterocycles. The van der Waals surface area contributed by atoms with Crippen LogP contribution in [-0.4, -0.2) is 20.7 Å². The lowest BCUT2D eigenvalue weighted by molar-refractivity contribution is 0.100. The Labute approximate surface area is 91.9 Å². The van der Waals surface area contributed by atoms with Gasteiger partial charge in [-0.25, -0.2) is 4.68 Å². The van der Waals surface area contributed by atoms with E-state index < -0.39 is 5.91 Å². The fraction of sp³-hybridized carbons (Fsp3) is 0.100. The fourth-order valence-corrected chi connectivity index (χ4v) is 1.44. The predicted molar refractivity (Wildman–Crippen MR) is 59.0 cm³/mol. The molecule has 2 heterocycles. The van der Waals surface area contributed by atoms with Crippen LogP contribution < -0.4 is 11.5 Å². The van der Waals surface area contributed by atoms with Crippen LogP contribution in [0.15, 0.2) is 24.5 Å². The molecular weight excluding hydrogens is 206 g/mol. The van der Waals surface area contributed by atoms with Gasteiger partial charge in [0.25, 0.3) is 5.91 Å². The van der Waals surface area contributed by atoms with E-state index >= 15 is 0 Å². The molecule has 0 spiro atoms. The number of pyridine rings is 1. The third-order valence-corrected chi connectivity index (χ3v) is 2.28. The maximum Gasteiger partial charge on any atom is 0.254 e. The molecule has 2 aromatic rings. The van der Waals surface area contributed by atoms with Crippen molar-refractivity contribution in [1.29, 1.82) is 0 Å². The van der Waals surface area contributed by atoms with Gasteiger partial charge in [0.1, 0.15) is 11.4 Å². The van der Waals surface area contributed by atoms with E-state index in [0.29, 0.717) is 0 Å². The normalized spacial score (nSPS) is 10.3. The Balaban J connectivity index is 2.58. The average molecular weight is 217 g/mol. The fourth-order valence-electron chi connectivity index (χ4n) is 1.44. The lowest BCUT2D eigenvalue weighted by atomic mass is 10.3. The lowest BCUT2D eigenvalue weighted by Gasteiger charge is -2.06. The van der Waals surface area contributed by atoms with E-state index in [1.54, 1.807) is 12.3 Å². The largest absolute Gasteiger partial charge is 0.383 e. The molecule has 0 saturated carbocycles. The van der Waals surface area contributed by atoms with Crippen LogP contribution in [0, 0.1) is 6.92 Å². The molecule has 0 fully saturated rings. The zero-order chi connectivity index (χ0) is 11.7. The zero-order valence-corrected chi connectivity index (χ0v) is 8.71. The highest BCUT2D eigenvalue weighted by molar-refractivity contribution is 5.97. The van der Waals surface area contributed by atoms with Crippen molar-refractivity contribution in [2.24, 2.45) is 5.73 Å². The van der Waals surface area contributed by atoms with Crippen LogP contribution in [0.1, 0.15) is 16.1 Å². The number of aryl methyl sites for hydroxylation is 1. The molecule has 0 aliphatic rings. The van der Waals surface area contributed by atoms with Crippen LogP contribution >= 0.6 is 0 Å². The molecule has 82 valence electrons. The summed E-state index contributed by atoms with van der Waals surface area (Å²) in [5.41, 5.74) is 12.6. The monoisotopic (exact) mass is 217 g/mol. The summed E-state index contributed by atoms with van der Waals surface area (Å²) in [5, 5.41) is 4.02. The van der Waals surface area contributed by atoms with Gasteiger partial charge in [-0.2, -0.15) is 5.10 Å². The number of nitrogens with zero attached hydrogens (tertiary/aromatic N) is 3. The number of nitrogen functional groups attached to an aromatic ring is 1. The molecule has 4 N–H and O–H groups in total. The first-order chi connectivity index (χ1) is 7.61. The maximum absolute atomic E-state index is 11.0.